The lowest BCUT2D eigenvalue weighted by Gasteiger charge is -2.14. The van der Waals surface area contributed by atoms with Gasteiger partial charge < -0.3 is 5.73 Å². The first kappa shape index (κ1) is 10.6. The molecule has 0 fully saturated rings. The molecule has 1 rings (SSSR count). The second-order valence-corrected chi connectivity index (χ2v) is 2.84. The Morgan fingerprint density at radius 1 is 1.43 bits per heavy atom. The molecule has 0 aliphatic carbocycles. The molecule has 1 aromatic rings. The zero-order valence-corrected chi connectivity index (χ0v) is 7.35. The Labute approximate surface area is 78.5 Å². The largest absolute Gasteiger partial charge is 0.396 e. The number of nitrogens with two attached hydrogens (primary N) is 1. The molecule has 0 aliphatic rings. The van der Waals surface area contributed by atoms with Crippen LogP contribution in [-0.4, -0.2) is 5.78 Å². The van der Waals surface area contributed by atoms with Crippen molar-refractivity contribution in [2.24, 2.45) is 0 Å². The highest BCUT2D eigenvalue weighted by molar-refractivity contribution is 5.84. The molecule has 14 heavy (non-hydrogen) atoms. The number of carbonyl (C=O) groups is 1. The molecule has 5 heteroatoms. The molecule has 0 spiro atoms. The van der Waals surface area contributed by atoms with Gasteiger partial charge in [0.25, 0.3) is 0 Å². The maximum atomic E-state index is 13.1. The van der Waals surface area contributed by atoms with Crippen LogP contribution in [0.3, 0.4) is 0 Å². The number of carbonyl (C=O) groups excluding carboxylic acids is 1. The van der Waals surface area contributed by atoms with Gasteiger partial charge in [0, 0.05) is 6.92 Å². The van der Waals surface area contributed by atoms with Crippen LogP contribution in [-0.2, 0) is 10.7 Å². The number of benzene rings is 1. The van der Waals surface area contributed by atoms with Crippen molar-refractivity contribution in [1.29, 1.82) is 0 Å². The second kappa shape index (κ2) is 3.32. The standard InChI is InChI=1S/C9H8F3NO/c1-5(14)9(11,12)6-3-2-4-7(13)8(6)10/h2-4H,13H2,1H3. The van der Waals surface area contributed by atoms with Gasteiger partial charge in [-0.3, -0.25) is 4.79 Å². The third-order valence-electron chi connectivity index (χ3n) is 1.81. The van der Waals surface area contributed by atoms with Gasteiger partial charge in [0.05, 0.1) is 11.3 Å². The summed E-state index contributed by atoms with van der Waals surface area (Å²) in [5, 5.41) is 0. The van der Waals surface area contributed by atoms with Gasteiger partial charge in [-0.15, -0.1) is 0 Å². The summed E-state index contributed by atoms with van der Waals surface area (Å²) in [5.74, 6) is -6.48. The van der Waals surface area contributed by atoms with Crippen molar-refractivity contribution in [1.82, 2.24) is 0 Å². The Bertz CT molecular complexity index is 376. The van der Waals surface area contributed by atoms with Crippen LogP contribution in [0, 0.1) is 5.82 Å². The summed E-state index contributed by atoms with van der Waals surface area (Å²) < 4.78 is 39.2. The molecule has 0 saturated heterocycles. The van der Waals surface area contributed by atoms with E-state index in [1.165, 1.54) is 6.07 Å². The first-order valence-electron chi connectivity index (χ1n) is 3.80. The molecule has 0 heterocycles. The monoisotopic (exact) mass is 203 g/mol. The number of Topliss-reactive ketones (excluding diaryl/α,β-unsaturated/α-hetero) is 1. The van der Waals surface area contributed by atoms with Gasteiger partial charge in [0.2, 0.25) is 5.78 Å². The van der Waals surface area contributed by atoms with Gasteiger partial charge in [0.1, 0.15) is 0 Å². The second-order valence-electron chi connectivity index (χ2n) is 2.84. The van der Waals surface area contributed by atoms with Gasteiger partial charge in [-0.1, -0.05) is 6.07 Å². The van der Waals surface area contributed by atoms with Crippen molar-refractivity contribution < 1.29 is 18.0 Å². The van der Waals surface area contributed by atoms with Crippen molar-refractivity contribution in [3.05, 3.63) is 29.6 Å². The quantitative estimate of drug-likeness (QED) is 0.748. The highest BCUT2D eigenvalue weighted by Gasteiger charge is 2.40. The van der Waals surface area contributed by atoms with Crippen LogP contribution in [0.1, 0.15) is 12.5 Å². The third-order valence-corrected chi connectivity index (χ3v) is 1.81. The highest BCUT2D eigenvalue weighted by atomic mass is 19.3. The number of nitrogen functional groups attached to an aromatic ring is 1. The molecule has 0 aromatic heterocycles. The van der Waals surface area contributed by atoms with E-state index in [1.807, 2.05) is 0 Å². The Kier molecular flexibility index (Phi) is 2.51. The number of rotatable bonds is 2. The Hall–Kier alpha value is -1.52. The number of hydrogen-bond acceptors (Lipinski definition) is 2. The van der Waals surface area contributed by atoms with Crippen LogP contribution in [0.5, 0.6) is 0 Å². The summed E-state index contributed by atoms with van der Waals surface area (Å²) in [4.78, 5) is 10.6. The fourth-order valence-electron chi connectivity index (χ4n) is 0.982. The molecule has 0 bridgehead atoms. The van der Waals surface area contributed by atoms with Gasteiger partial charge in [-0.05, 0) is 12.1 Å². The molecule has 0 atom stereocenters. The smallest absolute Gasteiger partial charge is 0.333 e. The minimum atomic E-state index is -3.82. The molecule has 1 aromatic carbocycles. The van der Waals surface area contributed by atoms with Crippen LogP contribution < -0.4 is 5.73 Å². The van der Waals surface area contributed by atoms with E-state index in [-0.39, 0.29) is 0 Å². The van der Waals surface area contributed by atoms with Crippen LogP contribution >= 0.6 is 0 Å². The van der Waals surface area contributed by atoms with Crippen LogP contribution in [0.4, 0.5) is 18.9 Å². The Morgan fingerprint density at radius 3 is 2.50 bits per heavy atom. The average molecular weight is 203 g/mol. The SMILES string of the molecule is CC(=O)C(F)(F)c1cccc(N)c1F. The Morgan fingerprint density at radius 2 is 2.00 bits per heavy atom. The van der Waals surface area contributed by atoms with Crippen LogP contribution in [0.15, 0.2) is 18.2 Å². The van der Waals surface area contributed by atoms with E-state index in [2.05, 4.69) is 0 Å². The van der Waals surface area contributed by atoms with Gasteiger partial charge in [-0.2, -0.15) is 8.78 Å². The predicted octanol–water partition coefficient (Wildman–Crippen LogP) is 2.09. The normalized spacial score (nSPS) is 11.4. The van der Waals surface area contributed by atoms with Crippen LogP contribution in [0.25, 0.3) is 0 Å². The zero-order valence-electron chi connectivity index (χ0n) is 7.35. The van der Waals surface area contributed by atoms with E-state index in [0.717, 1.165) is 12.1 Å². The van der Waals surface area contributed by atoms with Crippen molar-refractivity contribution in [2.75, 3.05) is 5.73 Å². The van der Waals surface area contributed by atoms with Gasteiger partial charge in [0.15, 0.2) is 5.82 Å². The van der Waals surface area contributed by atoms with E-state index in [9.17, 15) is 18.0 Å². The molecule has 0 aliphatic heterocycles. The third kappa shape index (κ3) is 1.57. The van der Waals surface area contributed by atoms with E-state index in [1.54, 1.807) is 0 Å². The maximum absolute atomic E-state index is 13.1. The summed E-state index contributed by atoms with van der Waals surface area (Å²) in [7, 11) is 0. The molecular formula is C9H8F3NO. The number of hydrogen-bond donors (Lipinski definition) is 1. The van der Waals surface area contributed by atoms with Crippen molar-refractivity contribution in [3.63, 3.8) is 0 Å². The topological polar surface area (TPSA) is 43.1 Å². The summed E-state index contributed by atoms with van der Waals surface area (Å²) in [5.41, 5.74) is 3.72. The van der Waals surface area contributed by atoms with Crippen molar-refractivity contribution >= 4 is 11.5 Å². The fraction of sp³-hybridized carbons (Fsp3) is 0.222. The molecule has 0 unspecified atom stereocenters. The minimum absolute atomic E-state index is 0.400. The lowest BCUT2D eigenvalue weighted by atomic mass is 10.0. The number of alkyl halides is 2. The molecule has 2 nitrogen and oxygen atoms in total. The first-order valence-corrected chi connectivity index (χ1v) is 3.80. The summed E-state index contributed by atoms with van der Waals surface area (Å²) in [6, 6.07) is 3.16. The Balaban J connectivity index is 3.33. The molecule has 0 saturated carbocycles. The van der Waals surface area contributed by atoms with E-state index in [0.29, 0.717) is 6.92 Å². The number of anilines is 1. The summed E-state index contributed by atoms with van der Waals surface area (Å²) in [6.45, 7) is 0.697. The number of ketones is 1. The van der Waals surface area contributed by atoms with E-state index >= 15 is 0 Å². The van der Waals surface area contributed by atoms with Crippen LogP contribution in [0.2, 0.25) is 0 Å². The zero-order chi connectivity index (χ0) is 10.9. The predicted molar refractivity (Wildman–Crippen MR) is 45.4 cm³/mol. The molecule has 0 radical (unpaired) electrons. The molecular weight excluding hydrogens is 195 g/mol. The van der Waals surface area contributed by atoms with E-state index in [4.69, 9.17) is 5.73 Å². The lowest BCUT2D eigenvalue weighted by Crippen LogP contribution is -2.24. The summed E-state index contributed by atoms with van der Waals surface area (Å²) >= 11 is 0. The highest BCUT2D eigenvalue weighted by Crippen LogP contribution is 2.32. The molecule has 76 valence electrons. The van der Waals surface area contributed by atoms with Crippen molar-refractivity contribution in [3.8, 4) is 0 Å². The summed E-state index contributed by atoms with van der Waals surface area (Å²) in [6.07, 6.45) is 0. The maximum Gasteiger partial charge on any atom is 0.333 e. The molecule has 2 N–H and O–H groups in total. The van der Waals surface area contributed by atoms with Crippen molar-refractivity contribution in [2.45, 2.75) is 12.8 Å². The molecule has 0 amide bonds. The minimum Gasteiger partial charge on any atom is -0.396 e. The van der Waals surface area contributed by atoms with Gasteiger partial charge in [-0.25, -0.2) is 4.39 Å². The van der Waals surface area contributed by atoms with E-state index < -0.39 is 28.8 Å². The fourth-order valence-corrected chi connectivity index (χ4v) is 0.982. The van der Waals surface area contributed by atoms with Gasteiger partial charge >= 0.3 is 5.92 Å². The number of halogens is 3. The average Bonchev–Trinajstić information content (AvgIpc) is 2.09. The lowest BCUT2D eigenvalue weighted by molar-refractivity contribution is -0.142. The first-order chi connectivity index (χ1) is 6.37.